The van der Waals surface area contributed by atoms with Gasteiger partial charge in [0, 0.05) is 5.92 Å². The Labute approximate surface area is 142 Å². The monoisotopic (exact) mass is 320 g/mol. The first-order valence-corrected chi connectivity index (χ1v) is 9.20. The number of quaternary nitrogens is 1. The van der Waals surface area contributed by atoms with Crippen molar-refractivity contribution in [2.45, 2.75) is 46.5 Å². The quantitative estimate of drug-likeness (QED) is 0.744. The van der Waals surface area contributed by atoms with Crippen LogP contribution < -0.4 is 9.64 Å². The van der Waals surface area contributed by atoms with Crippen LogP contribution >= 0.6 is 0 Å². The third kappa shape index (κ3) is 6.52. The van der Waals surface area contributed by atoms with Gasteiger partial charge >= 0.3 is 0 Å². The summed E-state index contributed by atoms with van der Waals surface area (Å²) in [6.45, 7) is 14.8. The van der Waals surface area contributed by atoms with E-state index in [1.807, 2.05) is 0 Å². The Morgan fingerprint density at radius 2 is 2.00 bits per heavy atom. The Morgan fingerprint density at radius 1 is 1.17 bits per heavy atom. The standard InChI is InChI=1S/C20H33NO2/c1-16(2)19-12-18(4)13-20(14-19)23-11-10-22-9-8-21-7-5-6-17(3)15-21/h12-14,16-17H,5-11,15H2,1-4H3/p+1/t17-/m0/s1. The molecule has 2 atom stereocenters. The highest BCUT2D eigenvalue weighted by Crippen LogP contribution is 2.22. The molecule has 0 amide bonds. The largest absolute Gasteiger partial charge is 0.491 e. The van der Waals surface area contributed by atoms with Gasteiger partial charge in [0.2, 0.25) is 0 Å². The van der Waals surface area contributed by atoms with E-state index in [-0.39, 0.29) is 0 Å². The Morgan fingerprint density at radius 3 is 2.74 bits per heavy atom. The molecule has 1 aromatic carbocycles. The Bertz CT molecular complexity index is 473. The highest BCUT2D eigenvalue weighted by atomic mass is 16.5. The van der Waals surface area contributed by atoms with Crippen molar-refractivity contribution in [3.8, 4) is 5.75 Å². The van der Waals surface area contributed by atoms with Crippen LogP contribution in [0, 0.1) is 12.8 Å². The van der Waals surface area contributed by atoms with Gasteiger partial charge in [0.05, 0.1) is 26.3 Å². The molecule has 2 rings (SSSR count). The predicted molar refractivity (Wildman–Crippen MR) is 95.5 cm³/mol. The van der Waals surface area contributed by atoms with Crippen molar-refractivity contribution in [2.24, 2.45) is 5.92 Å². The molecule has 0 radical (unpaired) electrons. The van der Waals surface area contributed by atoms with Crippen molar-refractivity contribution >= 4 is 0 Å². The average Bonchev–Trinajstić information content (AvgIpc) is 2.50. The zero-order valence-electron chi connectivity index (χ0n) is 15.4. The van der Waals surface area contributed by atoms with E-state index < -0.39 is 0 Å². The number of nitrogens with one attached hydrogen (secondary N) is 1. The predicted octanol–water partition coefficient (Wildman–Crippen LogP) is 2.83. The van der Waals surface area contributed by atoms with Crippen molar-refractivity contribution in [1.29, 1.82) is 0 Å². The first-order valence-electron chi connectivity index (χ1n) is 9.20. The lowest BCUT2D eigenvalue weighted by molar-refractivity contribution is -0.908. The fourth-order valence-electron chi connectivity index (χ4n) is 3.35. The number of rotatable bonds is 8. The maximum absolute atomic E-state index is 5.85. The molecule has 1 unspecified atom stereocenters. The SMILES string of the molecule is Cc1cc(OCCOCC[NH+]2CCC[C@H](C)C2)cc(C(C)C)c1. The van der Waals surface area contributed by atoms with E-state index in [0.717, 1.165) is 24.8 Å². The van der Waals surface area contributed by atoms with Crippen LogP contribution in [0.2, 0.25) is 0 Å². The molecule has 3 nitrogen and oxygen atoms in total. The van der Waals surface area contributed by atoms with Crippen LogP contribution in [0.3, 0.4) is 0 Å². The van der Waals surface area contributed by atoms with Crippen molar-refractivity contribution in [1.82, 2.24) is 0 Å². The number of ether oxygens (including phenoxy) is 2. The molecule has 1 heterocycles. The molecule has 3 heteroatoms. The van der Waals surface area contributed by atoms with E-state index >= 15 is 0 Å². The number of hydrogen-bond donors (Lipinski definition) is 1. The van der Waals surface area contributed by atoms with Gasteiger partial charge in [-0.3, -0.25) is 0 Å². The average molecular weight is 320 g/mol. The Kier molecular flexibility index (Phi) is 7.38. The molecule has 0 bridgehead atoms. The van der Waals surface area contributed by atoms with Gasteiger partial charge in [0.15, 0.2) is 0 Å². The summed E-state index contributed by atoms with van der Waals surface area (Å²) in [7, 11) is 0. The van der Waals surface area contributed by atoms with E-state index in [9.17, 15) is 0 Å². The lowest BCUT2D eigenvalue weighted by Gasteiger charge is -2.27. The minimum absolute atomic E-state index is 0.531. The normalized spacial score (nSPS) is 21.6. The first-order chi connectivity index (χ1) is 11.0. The van der Waals surface area contributed by atoms with E-state index in [1.54, 1.807) is 4.90 Å². The second kappa shape index (κ2) is 9.29. The second-order valence-corrected chi connectivity index (χ2v) is 7.40. The third-order valence-electron chi connectivity index (χ3n) is 4.70. The van der Waals surface area contributed by atoms with E-state index in [0.29, 0.717) is 19.1 Å². The van der Waals surface area contributed by atoms with Crippen molar-refractivity contribution in [3.05, 3.63) is 29.3 Å². The zero-order chi connectivity index (χ0) is 16.7. The fraction of sp³-hybridized carbons (Fsp3) is 0.700. The van der Waals surface area contributed by atoms with E-state index in [1.165, 1.54) is 37.1 Å². The van der Waals surface area contributed by atoms with Gasteiger partial charge in [-0.25, -0.2) is 0 Å². The maximum atomic E-state index is 5.85. The summed E-state index contributed by atoms with van der Waals surface area (Å²) in [6, 6.07) is 6.48. The second-order valence-electron chi connectivity index (χ2n) is 7.40. The number of likely N-dealkylation sites (tertiary alicyclic amines) is 1. The van der Waals surface area contributed by atoms with Crippen molar-refractivity contribution in [2.75, 3.05) is 39.5 Å². The van der Waals surface area contributed by atoms with Crippen LogP contribution in [0.4, 0.5) is 0 Å². The van der Waals surface area contributed by atoms with Gasteiger partial charge < -0.3 is 14.4 Å². The molecular formula is C20H34NO2+. The van der Waals surface area contributed by atoms with Crippen molar-refractivity contribution < 1.29 is 14.4 Å². The summed E-state index contributed by atoms with van der Waals surface area (Å²) in [5.74, 6) is 2.37. The van der Waals surface area contributed by atoms with Crippen LogP contribution in [0.1, 0.15) is 50.7 Å². The number of piperidine rings is 1. The molecule has 1 saturated heterocycles. The number of aryl methyl sites for hydroxylation is 1. The highest BCUT2D eigenvalue weighted by Gasteiger charge is 2.18. The lowest BCUT2D eigenvalue weighted by atomic mass is 10.0. The topological polar surface area (TPSA) is 22.9 Å². The lowest BCUT2D eigenvalue weighted by Crippen LogP contribution is -3.14. The van der Waals surface area contributed by atoms with Gasteiger partial charge in [0.1, 0.15) is 18.9 Å². The number of hydrogen-bond acceptors (Lipinski definition) is 2. The van der Waals surface area contributed by atoms with Gasteiger partial charge in [-0.1, -0.05) is 26.8 Å². The molecule has 23 heavy (non-hydrogen) atoms. The first kappa shape index (κ1) is 18.3. The van der Waals surface area contributed by atoms with Gasteiger partial charge in [-0.15, -0.1) is 0 Å². The molecule has 1 aliphatic rings. The molecule has 0 aromatic heterocycles. The van der Waals surface area contributed by atoms with E-state index in [4.69, 9.17) is 9.47 Å². The summed E-state index contributed by atoms with van der Waals surface area (Å²) >= 11 is 0. The van der Waals surface area contributed by atoms with Gasteiger partial charge in [-0.05, 0) is 48.9 Å². The van der Waals surface area contributed by atoms with Gasteiger partial charge in [-0.2, -0.15) is 0 Å². The smallest absolute Gasteiger partial charge is 0.119 e. The molecule has 0 aliphatic carbocycles. The van der Waals surface area contributed by atoms with Gasteiger partial charge in [0.25, 0.3) is 0 Å². The third-order valence-corrected chi connectivity index (χ3v) is 4.70. The molecular weight excluding hydrogens is 286 g/mol. The minimum Gasteiger partial charge on any atom is -0.491 e. The molecule has 1 aromatic rings. The Balaban J connectivity index is 1.62. The number of benzene rings is 1. The molecule has 0 saturated carbocycles. The minimum atomic E-state index is 0.531. The van der Waals surface area contributed by atoms with Crippen LogP contribution in [0.5, 0.6) is 5.75 Å². The molecule has 0 spiro atoms. The summed E-state index contributed by atoms with van der Waals surface area (Å²) < 4.78 is 11.6. The highest BCUT2D eigenvalue weighted by molar-refractivity contribution is 5.35. The maximum Gasteiger partial charge on any atom is 0.119 e. The summed E-state index contributed by atoms with van der Waals surface area (Å²) in [6.07, 6.45) is 2.76. The molecule has 1 aliphatic heterocycles. The molecule has 1 fully saturated rings. The fourth-order valence-corrected chi connectivity index (χ4v) is 3.35. The Hall–Kier alpha value is -1.06. The van der Waals surface area contributed by atoms with Crippen LogP contribution in [0.15, 0.2) is 18.2 Å². The molecule has 130 valence electrons. The van der Waals surface area contributed by atoms with Crippen LogP contribution in [-0.2, 0) is 4.74 Å². The summed E-state index contributed by atoms with van der Waals surface area (Å²) in [5.41, 5.74) is 2.60. The summed E-state index contributed by atoms with van der Waals surface area (Å²) in [5, 5.41) is 0. The zero-order valence-corrected chi connectivity index (χ0v) is 15.4. The van der Waals surface area contributed by atoms with Crippen molar-refractivity contribution in [3.63, 3.8) is 0 Å². The van der Waals surface area contributed by atoms with Crippen LogP contribution in [0.25, 0.3) is 0 Å². The summed E-state index contributed by atoms with van der Waals surface area (Å²) in [4.78, 5) is 1.70. The van der Waals surface area contributed by atoms with Crippen LogP contribution in [-0.4, -0.2) is 39.5 Å². The molecule has 1 N–H and O–H groups in total. The van der Waals surface area contributed by atoms with E-state index in [2.05, 4.69) is 45.9 Å².